The number of aryl methyl sites for hydroxylation is 2. The van der Waals surface area contributed by atoms with Gasteiger partial charge in [0.25, 0.3) is 0 Å². The highest BCUT2D eigenvalue weighted by atomic mass is 32.1. The van der Waals surface area contributed by atoms with Gasteiger partial charge < -0.3 is 0 Å². The van der Waals surface area contributed by atoms with Crippen LogP contribution in [0.15, 0.2) is 0 Å². The van der Waals surface area contributed by atoms with E-state index >= 15 is 0 Å². The Labute approximate surface area is 120 Å². The molecule has 0 N–H and O–H groups in total. The van der Waals surface area contributed by atoms with E-state index in [0.29, 0.717) is 16.9 Å². The molecule has 4 aromatic heterocycles. The molecular formula is C10H6N8S2. The number of hydrogen-bond acceptors (Lipinski definition) is 10. The minimum absolute atomic E-state index is 0.572. The highest BCUT2D eigenvalue weighted by Gasteiger charge is 2.19. The third kappa shape index (κ3) is 1.51. The summed E-state index contributed by atoms with van der Waals surface area (Å²) in [5, 5.41) is 24.9. The van der Waals surface area contributed by atoms with Crippen molar-refractivity contribution in [1.29, 1.82) is 0 Å². The molecule has 0 aliphatic rings. The Hall–Kier alpha value is -2.20. The molecule has 8 nitrogen and oxygen atoms in total. The molecule has 4 rings (SSSR count). The number of hydrogen-bond donors (Lipinski definition) is 0. The van der Waals surface area contributed by atoms with Crippen LogP contribution in [-0.4, -0.2) is 39.6 Å². The normalized spacial score (nSPS) is 11.5. The molecule has 0 radical (unpaired) electrons. The van der Waals surface area contributed by atoms with E-state index in [-0.39, 0.29) is 0 Å². The second-order valence-electron chi connectivity index (χ2n) is 4.17. The van der Waals surface area contributed by atoms with Crippen LogP contribution >= 0.6 is 23.1 Å². The second kappa shape index (κ2) is 4.15. The van der Waals surface area contributed by atoms with Gasteiger partial charge in [-0.05, 0) is 36.9 Å². The summed E-state index contributed by atoms with van der Waals surface area (Å²) in [5.41, 5.74) is 4.14. The van der Waals surface area contributed by atoms with Gasteiger partial charge in [-0.1, -0.05) is 8.98 Å². The van der Waals surface area contributed by atoms with E-state index in [1.807, 2.05) is 13.8 Å². The van der Waals surface area contributed by atoms with Crippen molar-refractivity contribution in [2.45, 2.75) is 13.8 Å². The van der Waals surface area contributed by atoms with Crippen molar-refractivity contribution in [2.24, 2.45) is 0 Å². The Bertz CT molecular complexity index is 865. The SMILES string of the molecule is Cc1nnc(-c2nnc(C)c3snnc23)c2snnc12. The molecule has 98 valence electrons. The lowest BCUT2D eigenvalue weighted by Gasteiger charge is -2.01. The summed E-state index contributed by atoms with van der Waals surface area (Å²) >= 11 is 2.56. The summed E-state index contributed by atoms with van der Waals surface area (Å²) in [7, 11) is 0. The predicted molar refractivity (Wildman–Crippen MR) is 74.5 cm³/mol. The minimum Gasteiger partial charge on any atom is -0.154 e. The number of fused-ring (bicyclic) bond motifs is 2. The molecule has 0 atom stereocenters. The van der Waals surface area contributed by atoms with Gasteiger partial charge in [-0.2, -0.15) is 10.2 Å². The molecule has 0 unspecified atom stereocenters. The zero-order chi connectivity index (χ0) is 13.7. The number of aromatic nitrogens is 8. The lowest BCUT2D eigenvalue weighted by Crippen LogP contribution is -1.98. The van der Waals surface area contributed by atoms with E-state index in [9.17, 15) is 0 Å². The van der Waals surface area contributed by atoms with Crippen LogP contribution < -0.4 is 0 Å². The van der Waals surface area contributed by atoms with Crippen LogP contribution in [0.1, 0.15) is 11.4 Å². The van der Waals surface area contributed by atoms with Gasteiger partial charge in [0.2, 0.25) is 0 Å². The fourth-order valence-electron chi connectivity index (χ4n) is 1.92. The molecule has 4 heterocycles. The Balaban J connectivity index is 2.12. The molecule has 10 heteroatoms. The smallest absolute Gasteiger partial charge is 0.144 e. The van der Waals surface area contributed by atoms with Gasteiger partial charge >= 0.3 is 0 Å². The summed E-state index contributed by atoms with van der Waals surface area (Å²) in [4.78, 5) is 0. The van der Waals surface area contributed by atoms with Crippen LogP contribution in [0.5, 0.6) is 0 Å². The second-order valence-corrected chi connectivity index (χ2v) is 5.68. The van der Waals surface area contributed by atoms with E-state index in [1.54, 1.807) is 0 Å². The van der Waals surface area contributed by atoms with Crippen LogP contribution in [-0.2, 0) is 0 Å². The van der Waals surface area contributed by atoms with Gasteiger partial charge in [0.1, 0.15) is 31.8 Å². The average molecular weight is 302 g/mol. The number of rotatable bonds is 1. The molecular weight excluding hydrogens is 296 g/mol. The minimum atomic E-state index is 0.572. The Kier molecular flexibility index (Phi) is 2.41. The molecule has 0 saturated carbocycles. The standard InChI is InChI=1S/C10H6N8S2/c1-3-5-10(20-17-15-5)8(14-11-3)6-7-9(19-18-16-7)4(2)12-13-6/h1-2H3. The van der Waals surface area contributed by atoms with Crippen molar-refractivity contribution < 1.29 is 0 Å². The monoisotopic (exact) mass is 302 g/mol. The van der Waals surface area contributed by atoms with Crippen molar-refractivity contribution >= 4 is 43.5 Å². The van der Waals surface area contributed by atoms with Crippen molar-refractivity contribution in [3.8, 4) is 11.4 Å². The fourth-order valence-corrected chi connectivity index (χ4v) is 3.22. The van der Waals surface area contributed by atoms with Gasteiger partial charge in [-0.25, -0.2) is 0 Å². The molecule has 0 amide bonds. The highest BCUT2D eigenvalue weighted by Crippen LogP contribution is 2.32. The first-order chi connectivity index (χ1) is 9.75. The van der Waals surface area contributed by atoms with Crippen molar-refractivity contribution in [3.05, 3.63) is 11.4 Å². The maximum absolute atomic E-state index is 4.22. The van der Waals surface area contributed by atoms with E-state index in [1.165, 1.54) is 23.1 Å². The molecule has 0 saturated heterocycles. The Morgan fingerprint density at radius 1 is 0.600 bits per heavy atom. The molecule has 0 fully saturated rings. The Morgan fingerprint density at radius 2 is 1.25 bits per heavy atom. The fraction of sp³-hybridized carbons (Fsp3) is 0.200. The van der Waals surface area contributed by atoms with Gasteiger partial charge in [-0.15, -0.1) is 20.4 Å². The predicted octanol–water partition coefficient (Wildman–Crippen LogP) is 1.56. The third-order valence-electron chi connectivity index (χ3n) is 2.91. The van der Waals surface area contributed by atoms with Crippen LogP contribution in [0.25, 0.3) is 31.8 Å². The maximum Gasteiger partial charge on any atom is 0.144 e. The van der Waals surface area contributed by atoms with Gasteiger partial charge in [-0.3, -0.25) is 0 Å². The zero-order valence-corrected chi connectivity index (χ0v) is 12.0. The zero-order valence-electron chi connectivity index (χ0n) is 10.4. The molecule has 0 aliphatic carbocycles. The molecule has 0 spiro atoms. The van der Waals surface area contributed by atoms with Crippen LogP contribution in [0.4, 0.5) is 0 Å². The lowest BCUT2D eigenvalue weighted by molar-refractivity contribution is 0.964. The largest absolute Gasteiger partial charge is 0.154 e. The van der Waals surface area contributed by atoms with E-state index < -0.39 is 0 Å². The van der Waals surface area contributed by atoms with Crippen molar-refractivity contribution in [1.82, 2.24) is 39.6 Å². The molecule has 0 aliphatic heterocycles. The summed E-state index contributed by atoms with van der Waals surface area (Å²) in [6.07, 6.45) is 0. The Morgan fingerprint density at radius 3 is 2.10 bits per heavy atom. The highest BCUT2D eigenvalue weighted by molar-refractivity contribution is 7.14. The summed E-state index contributed by atoms with van der Waals surface area (Å²) in [6, 6.07) is 0. The van der Waals surface area contributed by atoms with E-state index in [2.05, 4.69) is 39.6 Å². The van der Waals surface area contributed by atoms with Gasteiger partial charge in [0, 0.05) is 0 Å². The maximum atomic E-state index is 4.22. The molecule has 0 aromatic carbocycles. The molecule has 0 bridgehead atoms. The van der Waals surface area contributed by atoms with Crippen molar-refractivity contribution in [3.63, 3.8) is 0 Å². The third-order valence-corrected chi connectivity index (χ3v) is 4.48. The summed E-state index contributed by atoms with van der Waals surface area (Å²) in [6.45, 7) is 3.73. The first-order valence-corrected chi connectivity index (χ1v) is 7.21. The van der Waals surface area contributed by atoms with Gasteiger partial charge in [0.15, 0.2) is 0 Å². The van der Waals surface area contributed by atoms with Crippen LogP contribution in [0.3, 0.4) is 0 Å². The number of nitrogens with zero attached hydrogens (tertiary/aromatic N) is 8. The molecule has 20 heavy (non-hydrogen) atoms. The topological polar surface area (TPSA) is 103 Å². The first kappa shape index (κ1) is 11.6. The van der Waals surface area contributed by atoms with Crippen LogP contribution in [0, 0.1) is 13.8 Å². The summed E-state index contributed by atoms with van der Waals surface area (Å²) in [5.74, 6) is 0. The average Bonchev–Trinajstić information content (AvgIpc) is 3.09. The first-order valence-electron chi connectivity index (χ1n) is 5.67. The quantitative estimate of drug-likeness (QED) is 0.522. The summed E-state index contributed by atoms with van der Waals surface area (Å²) < 4.78 is 9.68. The lowest BCUT2D eigenvalue weighted by atomic mass is 10.2. The molecule has 4 aromatic rings. The van der Waals surface area contributed by atoms with E-state index in [0.717, 1.165) is 26.3 Å². The van der Waals surface area contributed by atoms with Crippen molar-refractivity contribution in [2.75, 3.05) is 0 Å². The van der Waals surface area contributed by atoms with Gasteiger partial charge in [0.05, 0.1) is 11.4 Å². The van der Waals surface area contributed by atoms with Crippen LogP contribution in [0.2, 0.25) is 0 Å². The van der Waals surface area contributed by atoms with E-state index in [4.69, 9.17) is 0 Å².